The molecule has 6 aromatic rings. The molecule has 2 aromatic heterocycles. The van der Waals surface area contributed by atoms with E-state index in [0.717, 1.165) is 33.4 Å². The number of rotatable bonds is 6. The second kappa shape index (κ2) is 11.8. The lowest BCUT2D eigenvalue weighted by Crippen LogP contribution is -2.32. The molecule has 6 nitrogen and oxygen atoms in total. The molecule has 0 aliphatic rings. The predicted molar refractivity (Wildman–Crippen MR) is 169 cm³/mol. The van der Waals surface area contributed by atoms with Gasteiger partial charge in [-0.1, -0.05) is 84.4 Å². The van der Waals surface area contributed by atoms with Crippen molar-refractivity contribution >= 4 is 57.1 Å². The lowest BCUT2D eigenvalue weighted by molar-refractivity contribution is -0.111. The minimum atomic E-state index is -0.628. The third-order valence-electron chi connectivity index (χ3n) is 6.77. The topological polar surface area (TPSA) is 79.8 Å². The molecule has 1 amide bonds. The number of fused-ring (bicyclic) bond motifs is 1. The molecule has 0 saturated heterocycles. The van der Waals surface area contributed by atoms with Crippen LogP contribution < -0.4 is 20.1 Å². The Morgan fingerprint density at radius 2 is 1.64 bits per heavy atom. The highest BCUT2D eigenvalue weighted by Crippen LogP contribution is 2.23. The molecule has 42 heavy (non-hydrogen) atoms. The quantitative estimate of drug-likeness (QED) is 0.272. The van der Waals surface area contributed by atoms with Crippen LogP contribution in [0.25, 0.3) is 28.2 Å². The van der Waals surface area contributed by atoms with Crippen LogP contribution in [-0.4, -0.2) is 15.0 Å². The first-order valence-corrected chi connectivity index (χ1v) is 14.3. The number of halogens is 1. The zero-order valence-electron chi connectivity index (χ0n) is 22.2. The summed E-state index contributed by atoms with van der Waals surface area (Å²) in [7, 11) is 0. The minimum Gasteiger partial charge on any atom is -0.342 e. The number of nitriles is 1. The molecule has 0 fully saturated rings. The van der Waals surface area contributed by atoms with E-state index in [1.807, 2.05) is 72.9 Å². The van der Waals surface area contributed by atoms with Gasteiger partial charge in [-0.3, -0.25) is 14.2 Å². The van der Waals surface area contributed by atoms with E-state index in [9.17, 15) is 14.9 Å². The van der Waals surface area contributed by atoms with Crippen molar-refractivity contribution in [3.63, 3.8) is 0 Å². The fourth-order valence-electron chi connectivity index (χ4n) is 4.86. The zero-order chi connectivity index (χ0) is 29.1. The Balaban J connectivity index is 1.54. The van der Waals surface area contributed by atoms with E-state index >= 15 is 0 Å². The Kier molecular flexibility index (Phi) is 7.56. The second-order valence-corrected chi connectivity index (χ2v) is 11.0. The number of carbonyl (C=O) groups excluding carboxylic acids is 1. The van der Waals surface area contributed by atoms with Gasteiger partial charge in [0.15, 0.2) is 5.57 Å². The SMILES string of the molecule is N#C/C(C(=O)Nc1cccc(Cl)c1)=c1/s/c(=C/c2cn(Cc3ccccc3)c3ccccc23)c(=O)n1-c1ccccc1. The molecule has 0 aliphatic heterocycles. The van der Waals surface area contributed by atoms with E-state index in [1.165, 1.54) is 4.57 Å². The molecule has 204 valence electrons. The maximum atomic E-state index is 13.9. The average Bonchev–Trinajstić information content (AvgIpc) is 3.51. The molecule has 0 spiro atoms. The molecular weight excluding hydrogens is 564 g/mol. The Morgan fingerprint density at radius 3 is 2.38 bits per heavy atom. The molecule has 0 unspecified atom stereocenters. The minimum absolute atomic E-state index is 0.174. The van der Waals surface area contributed by atoms with Gasteiger partial charge < -0.3 is 9.88 Å². The summed E-state index contributed by atoms with van der Waals surface area (Å²) >= 11 is 7.19. The Bertz CT molecular complexity index is 2160. The number of thiazole rings is 1. The van der Waals surface area contributed by atoms with Gasteiger partial charge in [0.1, 0.15) is 10.7 Å². The summed E-state index contributed by atoms with van der Waals surface area (Å²) in [6.45, 7) is 0.676. The van der Waals surface area contributed by atoms with Crippen LogP contribution in [0.5, 0.6) is 0 Å². The van der Waals surface area contributed by atoms with Crippen LogP contribution in [0, 0.1) is 11.3 Å². The van der Waals surface area contributed by atoms with Crippen molar-refractivity contribution in [2.75, 3.05) is 5.32 Å². The summed E-state index contributed by atoms with van der Waals surface area (Å²) in [4.78, 5) is 27.3. The Morgan fingerprint density at radius 1 is 0.929 bits per heavy atom. The van der Waals surface area contributed by atoms with E-state index in [0.29, 0.717) is 27.5 Å². The van der Waals surface area contributed by atoms with Gasteiger partial charge >= 0.3 is 0 Å². The maximum Gasteiger partial charge on any atom is 0.273 e. The standard InChI is InChI=1S/C34H23ClN4O2S/c35-25-12-9-13-26(19-25)37-32(40)29(20-36)34-39(27-14-5-2-6-15-27)33(41)31(42-34)18-24-22-38(21-23-10-3-1-4-11-23)30-17-8-7-16-28(24)30/h1-19,22H,21H2,(H,37,40)/b31-18+,34-29-. The first kappa shape index (κ1) is 27.0. The Hall–Kier alpha value is -5.16. The van der Waals surface area contributed by atoms with Crippen molar-refractivity contribution in [2.45, 2.75) is 6.54 Å². The first-order chi connectivity index (χ1) is 20.5. The van der Waals surface area contributed by atoms with Crippen molar-refractivity contribution in [3.8, 4) is 11.8 Å². The number of benzene rings is 4. The predicted octanol–water partition coefficient (Wildman–Crippen LogP) is 5.70. The number of nitrogens with zero attached hydrogens (tertiary/aromatic N) is 3. The molecule has 4 aromatic carbocycles. The Labute approximate surface area is 250 Å². The highest BCUT2D eigenvalue weighted by molar-refractivity contribution is 7.07. The smallest absolute Gasteiger partial charge is 0.273 e. The number of carbonyl (C=O) groups is 1. The molecule has 6 rings (SSSR count). The summed E-state index contributed by atoms with van der Waals surface area (Å²) in [6.07, 6.45) is 3.87. The largest absolute Gasteiger partial charge is 0.342 e. The van der Waals surface area contributed by atoms with Gasteiger partial charge in [0, 0.05) is 39.9 Å². The lowest BCUT2D eigenvalue weighted by Gasteiger charge is -2.06. The van der Waals surface area contributed by atoms with Crippen molar-refractivity contribution in [1.82, 2.24) is 9.13 Å². The molecule has 2 heterocycles. The summed E-state index contributed by atoms with van der Waals surface area (Å²) in [5.41, 5.74) is 3.59. The number of nitrogens with one attached hydrogen (secondary N) is 1. The van der Waals surface area contributed by atoms with E-state index in [2.05, 4.69) is 28.1 Å². The zero-order valence-corrected chi connectivity index (χ0v) is 23.8. The second-order valence-electron chi connectivity index (χ2n) is 9.56. The molecule has 1 N–H and O–H groups in total. The van der Waals surface area contributed by atoms with E-state index in [1.54, 1.807) is 36.4 Å². The van der Waals surface area contributed by atoms with Crippen LogP contribution in [-0.2, 0) is 11.3 Å². The fraction of sp³-hybridized carbons (Fsp3) is 0.0294. The summed E-state index contributed by atoms with van der Waals surface area (Å²) in [6, 6.07) is 35.9. The third kappa shape index (κ3) is 5.41. The first-order valence-electron chi connectivity index (χ1n) is 13.1. The van der Waals surface area contributed by atoms with Crippen molar-refractivity contribution in [2.24, 2.45) is 0 Å². The normalized spacial score (nSPS) is 12.2. The highest BCUT2D eigenvalue weighted by atomic mass is 35.5. The molecule has 0 bridgehead atoms. The lowest BCUT2D eigenvalue weighted by atomic mass is 10.2. The molecule has 0 saturated carbocycles. The number of aromatic nitrogens is 2. The molecular formula is C34H23ClN4O2S. The fourth-order valence-corrected chi connectivity index (χ4v) is 6.14. The molecule has 0 radical (unpaired) electrons. The molecule has 0 atom stereocenters. The van der Waals surface area contributed by atoms with Crippen LogP contribution in [0.3, 0.4) is 0 Å². The van der Waals surface area contributed by atoms with Crippen LogP contribution in [0.15, 0.2) is 120 Å². The van der Waals surface area contributed by atoms with Gasteiger partial charge in [-0.05, 0) is 48.0 Å². The summed E-state index contributed by atoms with van der Waals surface area (Å²) in [5, 5.41) is 14.3. The summed E-state index contributed by atoms with van der Waals surface area (Å²) < 4.78 is 4.23. The summed E-state index contributed by atoms with van der Waals surface area (Å²) in [5.74, 6) is -0.628. The molecule has 0 aliphatic carbocycles. The number of para-hydroxylation sites is 2. The number of hydrogen-bond acceptors (Lipinski definition) is 4. The number of amides is 1. The van der Waals surface area contributed by atoms with Crippen LogP contribution in [0.4, 0.5) is 5.69 Å². The van der Waals surface area contributed by atoms with Crippen LogP contribution in [0.2, 0.25) is 5.02 Å². The van der Waals surface area contributed by atoms with Gasteiger partial charge in [-0.2, -0.15) is 5.26 Å². The van der Waals surface area contributed by atoms with Gasteiger partial charge in [-0.15, -0.1) is 11.3 Å². The number of anilines is 1. The maximum absolute atomic E-state index is 13.9. The highest BCUT2D eigenvalue weighted by Gasteiger charge is 2.18. The number of hydrogen-bond donors (Lipinski definition) is 1. The van der Waals surface area contributed by atoms with Gasteiger partial charge in [0.25, 0.3) is 11.5 Å². The van der Waals surface area contributed by atoms with E-state index in [-0.39, 0.29) is 15.8 Å². The third-order valence-corrected chi connectivity index (χ3v) is 8.10. The molecule has 8 heteroatoms. The van der Waals surface area contributed by atoms with E-state index in [4.69, 9.17) is 11.6 Å². The van der Waals surface area contributed by atoms with Crippen molar-refractivity contribution in [1.29, 1.82) is 5.26 Å². The van der Waals surface area contributed by atoms with Crippen molar-refractivity contribution < 1.29 is 4.79 Å². The van der Waals surface area contributed by atoms with Crippen molar-refractivity contribution in [3.05, 3.63) is 151 Å². The van der Waals surface area contributed by atoms with Gasteiger partial charge in [0.05, 0.1) is 10.2 Å². The van der Waals surface area contributed by atoms with Crippen LogP contribution in [0.1, 0.15) is 11.1 Å². The van der Waals surface area contributed by atoms with Crippen LogP contribution >= 0.6 is 22.9 Å². The van der Waals surface area contributed by atoms with E-state index < -0.39 is 5.91 Å². The van der Waals surface area contributed by atoms with Gasteiger partial charge in [0.2, 0.25) is 0 Å². The average molecular weight is 587 g/mol. The monoisotopic (exact) mass is 586 g/mol. The van der Waals surface area contributed by atoms with Gasteiger partial charge in [-0.25, -0.2) is 0 Å².